The molecule has 2 atom stereocenters. The summed E-state index contributed by atoms with van der Waals surface area (Å²) < 4.78 is 10.9. The van der Waals surface area contributed by atoms with E-state index in [0.29, 0.717) is 39.1 Å². The first kappa shape index (κ1) is 15.1. The molecular weight excluding hydrogens is 264 g/mol. The van der Waals surface area contributed by atoms with Crippen molar-refractivity contribution in [1.82, 2.24) is 10.2 Å². The molecule has 0 radical (unpaired) electrons. The lowest BCUT2D eigenvalue weighted by molar-refractivity contribution is -0.149. The Hall–Kier alpha value is -1.34. The fourth-order valence-electron chi connectivity index (χ4n) is 2.54. The van der Waals surface area contributed by atoms with Crippen LogP contribution in [0, 0.1) is 0 Å². The van der Waals surface area contributed by atoms with Gasteiger partial charge < -0.3 is 24.8 Å². The topological polar surface area (TPSA) is 88.1 Å². The summed E-state index contributed by atoms with van der Waals surface area (Å²) >= 11 is 0. The van der Waals surface area contributed by atoms with Crippen LogP contribution in [0.25, 0.3) is 0 Å². The molecule has 7 heteroatoms. The van der Waals surface area contributed by atoms with Gasteiger partial charge >= 0.3 is 12.0 Å². The van der Waals surface area contributed by atoms with Crippen LogP contribution < -0.4 is 5.32 Å². The van der Waals surface area contributed by atoms with E-state index in [2.05, 4.69) is 5.32 Å². The van der Waals surface area contributed by atoms with Gasteiger partial charge in [-0.25, -0.2) is 9.59 Å². The minimum absolute atomic E-state index is 0.149. The summed E-state index contributed by atoms with van der Waals surface area (Å²) in [6.07, 6.45) is 0.208. The third-order valence-electron chi connectivity index (χ3n) is 3.58. The van der Waals surface area contributed by atoms with Crippen molar-refractivity contribution in [3.8, 4) is 0 Å². The molecule has 0 aliphatic carbocycles. The van der Waals surface area contributed by atoms with Gasteiger partial charge in [0.15, 0.2) is 6.10 Å². The Bertz CT molecular complexity index is 385. The minimum Gasteiger partial charge on any atom is -0.479 e. The van der Waals surface area contributed by atoms with E-state index in [1.54, 1.807) is 4.90 Å². The summed E-state index contributed by atoms with van der Waals surface area (Å²) in [7, 11) is 0. The molecule has 0 aromatic carbocycles. The van der Waals surface area contributed by atoms with Gasteiger partial charge in [0.1, 0.15) is 0 Å². The average molecular weight is 286 g/mol. The van der Waals surface area contributed by atoms with Crippen LogP contribution >= 0.6 is 0 Å². The Morgan fingerprint density at radius 3 is 2.75 bits per heavy atom. The normalized spacial score (nSPS) is 29.2. The summed E-state index contributed by atoms with van der Waals surface area (Å²) in [4.78, 5) is 24.5. The van der Waals surface area contributed by atoms with Gasteiger partial charge in [-0.3, -0.25) is 0 Å². The van der Waals surface area contributed by atoms with Gasteiger partial charge in [0.2, 0.25) is 0 Å². The summed E-state index contributed by atoms with van der Waals surface area (Å²) in [6.45, 7) is 5.89. The van der Waals surface area contributed by atoms with E-state index < -0.39 is 12.1 Å². The molecule has 2 aliphatic heterocycles. The zero-order valence-electron chi connectivity index (χ0n) is 11.9. The Labute approximate surface area is 118 Å². The summed E-state index contributed by atoms with van der Waals surface area (Å²) in [5, 5.41) is 11.6. The highest BCUT2D eigenvalue weighted by molar-refractivity contribution is 5.74. The van der Waals surface area contributed by atoms with E-state index in [1.165, 1.54) is 0 Å². The van der Waals surface area contributed by atoms with Crippen LogP contribution in [0.4, 0.5) is 4.79 Å². The zero-order chi connectivity index (χ0) is 14.8. The lowest BCUT2D eigenvalue weighted by atomic mass is 10.1. The number of ether oxygens (including phenoxy) is 2. The molecule has 2 saturated heterocycles. The quantitative estimate of drug-likeness (QED) is 0.786. The Morgan fingerprint density at radius 2 is 2.15 bits per heavy atom. The lowest BCUT2D eigenvalue weighted by Crippen LogP contribution is -2.54. The van der Waals surface area contributed by atoms with Crippen molar-refractivity contribution in [3.63, 3.8) is 0 Å². The van der Waals surface area contributed by atoms with Crippen LogP contribution in [0.5, 0.6) is 0 Å². The predicted molar refractivity (Wildman–Crippen MR) is 70.5 cm³/mol. The lowest BCUT2D eigenvalue weighted by Gasteiger charge is -2.38. The van der Waals surface area contributed by atoms with Crippen LogP contribution in [-0.2, 0) is 14.3 Å². The number of carbonyl (C=O) groups excluding carboxylic acids is 1. The number of hydrogen-bond donors (Lipinski definition) is 2. The van der Waals surface area contributed by atoms with E-state index in [9.17, 15) is 9.59 Å². The molecule has 0 bridgehead atoms. The molecule has 0 saturated carbocycles. The number of morpholine rings is 1. The zero-order valence-corrected chi connectivity index (χ0v) is 11.9. The van der Waals surface area contributed by atoms with Gasteiger partial charge in [-0.05, 0) is 26.7 Å². The molecule has 2 N–H and O–H groups in total. The number of nitrogens with zero attached hydrogens (tertiary/aromatic N) is 1. The minimum atomic E-state index is -0.936. The third kappa shape index (κ3) is 3.83. The number of hydrogen-bond acceptors (Lipinski definition) is 4. The number of aliphatic carboxylic acids is 1. The highest BCUT2D eigenvalue weighted by Gasteiger charge is 2.32. The number of carbonyl (C=O) groups is 2. The second-order valence-electron chi connectivity index (χ2n) is 5.88. The highest BCUT2D eigenvalue weighted by Crippen LogP contribution is 2.20. The second-order valence-corrected chi connectivity index (χ2v) is 5.88. The van der Waals surface area contributed by atoms with Gasteiger partial charge in [-0.15, -0.1) is 0 Å². The van der Waals surface area contributed by atoms with E-state index in [4.69, 9.17) is 14.6 Å². The molecular formula is C13H22N2O5. The van der Waals surface area contributed by atoms with Gasteiger partial charge in [0, 0.05) is 13.1 Å². The first-order chi connectivity index (χ1) is 9.37. The van der Waals surface area contributed by atoms with Crippen LogP contribution in [-0.4, -0.2) is 66.1 Å². The summed E-state index contributed by atoms with van der Waals surface area (Å²) in [5.41, 5.74) is -0.326. The third-order valence-corrected chi connectivity index (χ3v) is 3.58. The first-order valence-corrected chi connectivity index (χ1v) is 6.92. The van der Waals surface area contributed by atoms with Crippen LogP contribution in [0.2, 0.25) is 0 Å². The molecule has 2 heterocycles. The molecule has 2 unspecified atom stereocenters. The number of urea groups is 1. The average Bonchev–Trinajstić information content (AvgIpc) is 2.83. The van der Waals surface area contributed by atoms with Gasteiger partial charge in [-0.1, -0.05) is 0 Å². The van der Waals surface area contributed by atoms with E-state index in [1.807, 2.05) is 13.8 Å². The fraction of sp³-hybridized carbons (Fsp3) is 0.846. The number of nitrogens with one attached hydrogen (secondary N) is 1. The van der Waals surface area contributed by atoms with Gasteiger partial charge in [0.25, 0.3) is 0 Å². The number of amides is 2. The maximum atomic E-state index is 12.0. The molecule has 114 valence electrons. The highest BCUT2D eigenvalue weighted by atomic mass is 16.5. The summed E-state index contributed by atoms with van der Waals surface area (Å²) in [6, 6.07) is -0.149. The molecule has 7 nitrogen and oxygen atoms in total. The van der Waals surface area contributed by atoms with Crippen molar-refractivity contribution >= 4 is 12.0 Å². The fourth-order valence-corrected chi connectivity index (χ4v) is 2.54. The monoisotopic (exact) mass is 286 g/mol. The number of rotatable bonds is 3. The van der Waals surface area contributed by atoms with Crippen molar-refractivity contribution in [1.29, 1.82) is 0 Å². The first-order valence-electron chi connectivity index (χ1n) is 6.92. The van der Waals surface area contributed by atoms with Crippen molar-refractivity contribution in [2.24, 2.45) is 0 Å². The van der Waals surface area contributed by atoms with Crippen LogP contribution in [0.15, 0.2) is 0 Å². The van der Waals surface area contributed by atoms with E-state index in [-0.39, 0.29) is 17.7 Å². The van der Waals surface area contributed by atoms with Crippen molar-refractivity contribution in [2.75, 3.05) is 26.2 Å². The Morgan fingerprint density at radius 1 is 1.40 bits per heavy atom. The number of carboxylic acids is 1. The molecule has 0 aromatic heterocycles. The number of carboxylic acid groups (broad SMARTS) is 1. The molecule has 0 aromatic rings. The van der Waals surface area contributed by atoms with E-state index in [0.717, 1.165) is 0 Å². The second kappa shape index (κ2) is 5.97. The van der Waals surface area contributed by atoms with Gasteiger partial charge in [0.05, 0.1) is 24.9 Å². The van der Waals surface area contributed by atoms with Crippen molar-refractivity contribution in [2.45, 2.75) is 44.5 Å². The largest absolute Gasteiger partial charge is 0.479 e. The molecule has 2 rings (SSSR count). The molecule has 2 amide bonds. The van der Waals surface area contributed by atoms with Crippen molar-refractivity contribution < 1.29 is 24.2 Å². The predicted octanol–water partition coefficient (Wildman–Crippen LogP) is 0.439. The maximum Gasteiger partial charge on any atom is 0.332 e. The van der Waals surface area contributed by atoms with Crippen LogP contribution in [0.3, 0.4) is 0 Å². The summed E-state index contributed by atoms with van der Waals surface area (Å²) in [5.74, 6) is -0.936. The molecule has 2 fully saturated rings. The standard InChI is InChI=1S/C13H22N2O5/c1-13(2)8-15(5-6-19-13)12(18)14-7-9-3-4-10(20-9)11(16)17/h9-10H,3-8H2,1-2H3,(H,14,18)(H,16,17). The van der Waals surface area contributed by atoms with Crippen molar-refractivity contribution in [3.05, 3.63) is 0 Å². The van der Waals surface area contributed by atoms with Crippen LogP contribution in [0.1, 0.15) is 26.7 Å². The van der Waals surface area contributed by atoms with Gasteiger partial charge in [-0.2, -0.15) is 0 Å². The SMILES string of the molecule is CC1(C)CN(C(=O)NCC2CCC(C(=O)O)O2)CCO1. The Balaban J connectivity index is 1.74. The molecule has 0 spiro atoms. The maximum absolute atomic E-state index is 12.0. The molecule has 20 heavy (non-hydrogen) atoms. The Kier molecular flexibility index (Phi) is 4.49. The molecule has 2 aliphatic rings. The smallest absolute Gasteiger partial charge is 0.332 e. The van der Waals surface area contributed by atoms with E-state index >= 15 is 0 Å².